The Balaban J connectivity index is 2.50. The van der Waals surface area contributed by atoms with Crippen LogP contribution in [0, 0.1) is 19.3 Å². The van der Waals surface area contributed by atoms with Crippen molar-refractivity contribution in [2.45, 2.75) is 26.3 Å². The number of nitrogens with two attached hydrogens (primary N) is 1. The van der Waals surface area contributed by atoms with Crippen LogP contribution >= 0.6 is 0 Å². The van der Waals surface area contributed by atoms with Crippen molar-refractivity contribution in [1.29, 1.82) is 0 Å². The lowest BCUT2D eigenvalue weighted by Crippen LogP contribution is -2.06. The molecule has 2 aromatic rings. The van der Waals surface area contributed by atoms with E-state index in [1.807, 2.05) is 0 Å². The molecule has 0 aliphatic carbocycles. The minimum atomic E-state index is 0.569. The van der Waals surface area contributed by atoms with Crippen LogP contribution < -0.4 is 5.73 Å². The van der Waals surface area contributed by atoms with Crippen molar-refractivity contribution < 1.29 is 0 Å². The van der Waals surface area contributed by atoms with Crippen molar-refractivity contribution in [2.75, 3.05) is 6.54 Å². The van der Waals surface area contributed by atoms with Gasteiger partial charge in [-0.1, -0.05) is 12.0 Å². The second-order valence-electron chi connectivity index (χ2n) is 4.20. The second-order valence-corrected chi connectivity index (χ2v) is 4.20. The fourth-order valence-corrected chi connectivity index (χ4v) is 2.01. The summed E-state index contributed by atoms with van der Waals surface area (Å²) < 4.78 is 2.10. The van der Waals surface area contributed by atoms with Gasteiger partial charge in [0.25, 0.3) is 0 Å². The van der Waals surface area contributed by atoms with Crippen LogP contribution in [0.5, 0.6) is 0 Å². The number of terminal acetylenes is 1. The van der Waals surface area contributed by atoms with Crippen molar-refractivity contribution >= 4 is 11.0 Å². The first-order valence-corrected chi connectivity index (χ1v) is 5.85. The first-order chi connectivity index (χ1) is 8.26. The highest BCUT2D eigenvalue weighted by Crippen LogP contribution is 2.18. The average Bonchev–Trinajstić information content (AvgIpc) is 2.64. The van der Waals surface area contributed by atoms with Crippen molar-refractivity contribution in [3.63, 3.8) is 0 Å². The zero-order valence-corrected chi connectivity index (χ0v) is 10.1. The predicted octanol–water partition coefficient (Wildman–Crippen LogP) is 1.87. The van der Waals surface area contributed by atoms with E-state index in [4.69, 9.17) is 12.2 Å². The molecular formula is C14H17N3. The molecule has 2 rings (SSSR count). The van der Waals surface area contributed by atoms with Crippen LogP contribution in [0.15, 0.2) is 18.2 Å². The largest absolute Gasteiger partial charge is 0.330 e. The summed E-state index contributed by atoms with van der Waals surface area (Å²) in [5.74, 6) is 3.72. The van der Waals surface area contributed by atoms with E-state index < -0.39 is 0 Å². The molecule has 0 bridgehead atoms. The van der Waals surface area contributed by atoms with Gasteiger partial charge in [-0.05, 0) is 37.6 Å². The molecule has 1 aromatic heterocycles. The highest BCUT2D eigenvalue weighted by Gasteiger charge is 2.09. The number of aromatic nitrogens is 2. The van der Waals surface area contributed by atoms with Crippen molar-refractivity contribution in [3.05, 3.63) is 29.6 Å². The Morgan fingerprint density at radius 2 is 2.29 bits per heavy atom. The monoisotopic (exact) mass is 227 g/mol. The van der Waals surface area contributed by atoms with E-state index in [2.05, 4.69) is 40.6 Å². The van der Waals surface area contributed by atoms with Crippen LogP contribution in [0.4, 0.5) is 0 Å². The Morgan fingerprint density at radius 1 is 1.47 bits per heavy atom. The maximum absolute atomic E-state index is 5.54. The van der Waals surface area contributed by atoms with E-state index >= 15 is 0 Å². The first kappa shape index (κ1) is 11.7. The third-order valence-corrected chi connectivity index (χ3v) is 2.84. The smallest absolute Gasteiger partial charge is 0.110 e. The van der Waals surface area contributed by atoms with E-state index in [1.54, 1.807) is 0 Å². The van der Waals surface area contributed by atoms with Gasteiger partial charge in [0, 0.05) is 6.42 Å². The van der Waals surface area contributed by atoms with E-state index in [-0.39, 0.29) is 0 Å². The van der Waals surface area contributed by atoms with Gasteiger partial charge in [-0.15, -0.1) is 6.42 Å². The van der Waals surface area contributed by atoms with Gasteiger partial charge >= 0.3 is 0 Å². The molecule has 0 aliphatic rings. The lowest BCUT2D eigenvalue weighted by Gasteiger charge is -2.04. The SMILES string of the molecule is C#CCn1c(CCCN)nc2cc(C)ccc21. The number of aryl methyl sites for hydroxylation is 2. The lowest BCUT2D eigenvalue weighted by atomic mass is 10.2. The van der Waals surface area contributed by atoms with E-state index in [1.165, 1.54) is 5.56 Å². The molecule has 0 aliphatic heterocycles. The summed E-state index contributed by atoms with van der Waals surface area (Å²) in [7, 11) is 0. The van der Waals surface area contributed by atoms with Gasteiger partial charge in [0.1, 0.15) is 5.82 Å². The number of nitrogens with zero attached hydrogens (tertiary/aromatic N) is 2. The third kappa shape index (κ3) is 2.32. The van der Waals surface area contributed by atoms with Gasteiger partial charge in [0.2, 0.25) is 0 Å². The van der Waals surface area contributed by atoms with Gasteiger partial charge in [0.15, 0.2) is 0 Å². The van der Waals surface area contributed by atoms with Gasteiger partial charge in [-0.25, -0.2) is 4.98 Å². The molecule has 0 radical (unpaired) electrons. The third-order valence-electron chi connectivity index (χ3n) is 2.84. The number of imidazole rings is 1. The van der Waals surface area contributed by atoms with Crippen molar-refractivity contribution in [3.8, 4) is 12.3 Å². The molecule has 1 aromatic carbocycles. The number of fused-ring (bicyclic) bond motifs is 1. The van der Waals surface area contributed by atoms with Crippen LogP contribution in [0.1, 0.15) is 17.8 Å². The summed E-state index contributed by atoms with van der Waals surface area (Å²) in [6, 6.07) is 6.26. The molecule has 0 amide bonds. The summed E-state index contributed by atoms with van der Waals surface area (Å²) in [5, 5.41) is 0. The molecule has 17 heavy (non-hydrogen) atoms. The molecular weight excluding hydrogens is 210 g/mol. The summed E-state index contributed by atoms with van der Waals surface area (Å²) in [6.45, 7) is 3.32. The fraction of sp³-hybridized carbons (Fsp3) is 0.357. The molecule has 0 unspecified atom stereocenters. The molecule has 0 atom stereocenters. The molecule has 0 fully saturated rings. The molecule has 1 heterocycles. The van der Waals surface area contributed by atoms with Gasteiger partial charge in [-0.3, -0.25) is 0 Å². The Hall–Kier alpha value is -1.79. The van der Waals surface area contributed by atoms with Crippen molar-refractivity contribution in [2.24, 2.45) is 5.73 Å². The van der Waals surface area contributed by atoms with Crippen LogP contribution in [0.3, 0.4) is 0 Å². The Labute approximate surface area is 102 Å². The minimum Gasteiger partial charge on any atom is -0.330 e. The normalized spacial score (nSPS) is 10.6. The standard InChI is InChI=1S/C14H17N3/c1-3-9-17-13-7-6-11(2)10-12(13)16-14(17)5-4-8-15/h1,6-7,10H,4-5,8-9,15H2,2H3. The maximum Gasteiger partial charge on any atom is 0.110 e. The quantitative estimate of drug-likeness (QED) is 0.810. The highest BCUT2D eigenvalue weighted by molar-refractivity contribution is 5.77. The van der Waals surface area contributed by atoms with Gasteiger partial charge in [-0.2, -0.15) is 0 Å². The second kappa shape index (κ2) is 5.03. The van der Waals surface area contributed by atoms with Crippen LogP contribution in [0.25, 0.3) is 11.0 Å². The maximum atomic E-state index is 5.54. The molecule has 3 heteroatoms. The van der Waals surface area contributed by atoms with E-state index in [0.29, 0.717) is 13.1 Å². The van der Waals surface area contributed by atoms with E-state index in [9.17, 15) is 0 Å². The van der Waals surface area contributed by atoms with Crippen LogP contribution in [0.2, 0.25) is 0 Å². The molecule has 2 N–H and O–H groups in total. The predicted molar refractivity (Wildman–Crippen MR) is 70.7 cm³/mol. The topological polar surface area (TPSA) is 43.8 Å². The Morgan fingerprint density at radius 3 is 3.00 bits per heavy atom. The minimum absolute atomic E-state index is 0.569. The molecule has 0 spiro atoms. The lowest BCUT2D eigenvalue weighted by molar-refractivity contribution is 0.719. The molecule has 3 nitrogen and oxygen atoms in total. The van der Waals surface area contributed by atoms with Crippen LogP contribution in [-0.2, 0) is 13.0 Å². The van der Waals surface area contributed by atoms with E-state index in [0.717, 1.165) is 29.7 Å². The number of hydrogen-bond acceptors (Lipinski definition) is 2. The summed E-state index contributed by atoms with van der Waals surface area (Å²) in [4.78, 5) is 4.64. The van der Waals surface area contributed by atoms with Crippen molar-refractivity contribution in [1.82, 2.24) is 9.55 Å². The van der Waals surface area contributed by atoms with Gasteiger partial charge in [0.05, 0.1) is 17.6 Å². The highest BCUT2D eigenvalue weighted by atomic mass is 15.1. The van der Waals surface area contributed by atoms with Crippen LogP contribution in [-0.4, -0.2) is 16.1 Å². The zero-order valence-electron chi connectivity index (χ0n) is 10.1. The average molecular weight is 227 g/mol. The number of hydrogen-bond donors (Lipinski definition) is 1. The fourth-order valence-electron chi connectivity index (χ4n) is 2.01. The summed E-state index contributed by atoms with van der Waals surface area (Å²) >= 11 is 0. The summed E-state index contributed by atoms with van der Waals surface area (Å²) in [6.07, 6.45) is 7.23. The number of benzene rings is 1. The number of rotatable bonds is 4. The first-order valence-electron chi connectivity index (χ1n) is 5.85. The molecule has 88 valence electrons. The Bertz CT molecular complexity index is 561. The molecule has 0 saturated carbocycles. The summed E-state index contributed by atoms with van der Waals surface area (Å²) in [5.41, 5.74) is 8.89. The molecule has 0 saturated heterocycles. The Kier molecular flexibility index (Phi) is 3.46. The zero-order chi connectivity index (χ0) is 12.3. The van der Waals surface area contributed by atoms with Gasteiger partial charge < -0.3 is 10.3 Å².